The molecule has 0 aromatic heterocycles. The Kier molecular flexibility index (Phi) is 19.3. The number of unbranched alkanes of at least 4 members (excludes halogenated alkanes) is 4. The standard InChI is InChI=1S/C66H92N6O8S/c1-41-36-56-61(43(3)66(80-56)32-30-49-50-28-27-47-37-48(73)29-31-65(47,4)52(50)38-51(49)42(66)2)72(39-41)35-15-19-55(74)53(69-63(78)46-25-23-45(24-26-46)62(77)44-16-7-5-8-17-44)18-12-14-34-68-58(75)21-9-6-13-33-67-59(76)22-11-10-20-57-60-54(40-81-57)70-64(79)71-60/h5,7-8,16-17,23-27,41,43,48-50,52-54,56-57,60-61,73H,6,9-15,18-22,28-40H2,1-4H3,(H,67,76)(H,68,75)(H,69,78)(H2,70,71,79)/t41-,43+,48-,49-,50-,52-,53?,54-,56+,57?,60-,61-,65-,66-/m0/s1. The zero-order chi connectivity index (χ0) is 56.8. The fourth-order valence-corrected chi connectivity index (χ4v) is 17.9. The topological polar surface area (TPSA) is 195 Å². The number of nitrogens with zero attached hydrogens (tertiary/aromatic N) is 1. The zero-order valence-electron chi connectivity index (χ0n) is 48.7. The molecular formula is C66H92N6O8S. The number of hydrogen-bond acceptors (Lipinski definition) is 10. The number of carbonyl (C=O) groups excluding carboxylic acids is 6. The minimum absolute atomic E-state index is 0.00407. The Bertz CT molecular complexity index is 2660. The maximum Gasteiger partial charge on any atom is 0.315 e. The summed E-state index contributed by atoms with van der Waals surface area (Å²) in [4.78, 5) is 80.9. The van der Waals surface area contributed by atoms with Gasteiger partial charge in [-0.1, -0.05) is 93.3 Å². The van der Waals surface area contributed by atoms with Gasteiger partial charge in [-0.05, 0) is 163 Å². The molecule has 81 heavy (non-hydrogen) atoms. The molecule has 5 amide bonds. The van der Waals surface area contributed by atoms with Crippen molar-refractivity contribution in [2.45, 2.75) is 210 Å². The average molecular weight is 1130 g/mol. The van der Waals surface area contributed by atoms with E-state index in [1.807, 2.05) is 30.0 Å². The molecule has 6 N–H and O–H groups in total. The van der Waals surface area contributed by atoms with Crippen molar-refractivity contribution in [3.63, 3.8) is 0 Å². The molecule has 4 aliphatic carbocycles. The lowest BCUT2D eigenvalue weighted by molar-refractivity contribution is -0.122. The summed E-state index contributed by atoms with van der Waals surface area (Å²) in [6.45, 7) is 12.5. The lowest BCUT2D eigenvalue weighted by Gasteiger charge is -2.49. The molecule has 0 radical (unpaired) electrons. The third-order valence-electron chi connectivity index (χ3n) is 20.8. The third-order valence-corrected chi connectivity index (χ3v) is 22.3. The van der Waals surface area contributed by atoms with E-state index < -0.39 is 6.04 Å². The van der Waals surface area contributed by atoms with Gasteiger partial charge in [0.15, 0.2) is 11.6 Å². The molecule has 2 aromatic rings. The Balaban J connectivity index is 0.685. The number of nitrogens with one attached hydrogen (secondary N) is 5. The smallest absolute Gasteiger partial charge is 0.315 e. The van der Waals surface area contributed by atoms with E-state index in [0.717, 1.165) is 102 Å². The van der Waals surface area contributed by atoms with Crippen LogP contribution in [0.2, 0.25) is 0 Å². The van der Waals surface area contributed by atoms with Crippen molar-refractivity contribution in [3.8, 4) is 0 Å². The Morgan fingerprint density at radius 2 is 1.54 bits per heavy atom. The first-order chi connectivity index (χ1) is 39.1. The van der Waals surface area contributed by atoms with Gasteiger partial charge >= 0.3 is 6.03 Å². The van der Waals surface area contributed by atoms with E-state index in [4.69, 9.17) is 4.74 Å². The number of thioether (sulfide) groups is 1. The van der Waals surface area contributed by atoms with Gasteiger partial charge in [-0.2, -0.15) is 11.8 Å². The summed E-state index contributed by atoms with van der Waals surface area (Å²) in [7, 11) is 0. The molecule has 0 bridgehead atoms. The highest BCUT2D eigenvalue weighted by molar-refractivity contribution is 8.00. The van der Waals surface area contributed by atoms with E-state index in [1.165, 1.54) is 17.6 Å². The summed E-state index contributed by atoms with van der Waals surface area (Å²) in [5.74, 6) is 3.22. The first kappa shape index (κ1) is 59.3. The molecule has 14 atom stereocenters. The van der Waals surface area contributed by atoms with Crippen molar-refractivity contribution < 1.29 is 38.6 Å². The van der Waals surface area contributed by atoms with Crippen LogP contribution in [-0.2, 0) is 19.1 Å². The first-order valence-electron chi connectivity index (χ1n) is 31.4. The maximum atomic E-state index is 14.3. The number of urea groups is 1. The summed E-state index contributed by atoms with van der Waals surface area (Å²) in [6.07, 6.45) is 19.6. The summed E-state index contributed by atoms with van der Waals surface area (Å²) in [5.41, 5.74) is 6.02. The molecular weight excluding hydrogens is 1040 g/mol. The molecule has 6 fully saturated rings. The number of hydrogen-bond donors (Lipinski definition) is 6. The van der Waals surface area contributed by atoms with Crippen LogP contribution in [0.1, 0.15) is 189 Å². The van der Waals surface area contributed by atoms with Crippen LogP contribution in [0.15, 0.2) is 77.4 Å². The van der Waals surface area contributed by atoms with Crippen LogP contribution in [0.4, 0.5) is 4.79 Å². The molecule has 10 rings (SSSR count). The fourth-order valence-electron chi connectivity index (χ4n) is 16.4. The van der Waals surface area contributed by atoms with Gasteiger partial charge in [0, 0.05) is 78.5 Å². The van der Waals surface area contributed by atoms with Crippen LogP contribution in [0.3, 0.4) is 0 Å². The van der Waals surface area contributed by atoms with Gasteiger partial charge < -0.3 is 36.4 Å². The maximum absolute atomic E-state index is 14.3. The largest absolute Gasteiger partial charge is 0.393 e. The number of piperidine rings is 1. The van der Waals surface area contributed by atoms with Crippen molar-refractivity contribution in [2.24, 2.45) is 35.0 Å². The van der Waals surface area contributed by atoms with Gasteiger partial charge in [-0.25, -0.2) is 4.79 Å². The van der Waals surface area contributed by atoms with E-state index in [2.05, 4.69) is 65.3 Å². The SMILES string of the molecule is CC1=C2C[C@H]3[C@@H](CC=C4C[C@@H](O)CC[C@@]43C)[C@@H]2CC[C@]12O[C@@H]1C[C@H](C)CN(CCCC(=O)C(CCCCNC(=O)CCCCCNC(=O)CCCCC3SC[C@@H]4NC(=O)N[C@H]34)NC(=O)c3ccc(C(=O)c4ccccc4)cc3)[C@H]1[C@H]2C. The fraction of sp³-hybridized carbons (Fsp3) is 0.667. The number of benzene rings is 2. The highest BCUT2D eigenvalue weighted by Crippen LogP contribution is 2.65. The highest BCUT2D eigenvalue weighted by atomic mass is 32.2. The number of aliphatic hydroxyl groups excluding tert-OH is 1. The molecule has 14 nitrogen and oxygen atoms in total. The third kappa shape index (κ3) is 13.3. The number of ketones is 2. The van der Waals surface area contributed by atoms with Gasteiger partial charge in [0.2, 0.25) is 11.8 Å². The molecule has 1 spiro atoms. The number of aliphatic hydroxyl groups is 1. The predicted molar refractivity (Wildman–Crippen MR) is 318 cm³/mol. The molecule has 4 saturated heterocycles. The van der Waals surface area contributed by atoms with E-state index in [9.17, 15) is 33.9 Å². The van der Waals surface area contributed by atoms with Crippen LogP contribution < -0.4 is 26.6 Å². The minimum atomic E-state index is -0.699. The van der Waals surface area contributed by atoms with Crippen LogP contribution in [0.25, 0.3) is 0 Å². The number of Topliss-reactive ketones (excluding diaryl/α,β-unsaturated/α-hetero) is 1. The number of fused-ring (bicyclic) bond motifs is 7. The highest BCUT2D eigenvalue weighted by Gasteiger charge is 2.61. The van der Waals surface area contributed by atoms with E-state index >= 15 is 0 Å². The number of likely N-dealkylation sites (tertiary alicyclic amines) is 1. The molecule has 440 valence electrons. The van der Waals surface area contributed by atoms with Gasteiger partial charge in [-0.15, -0.1) is 0 Å². The first-order valence-corrected chi connectivity index (χ1v) is 32.4. The second-order valence-electron chi connectivity index (χ2n) is 26.0. The van der Waals surface area contributed by atoms with Crippen molar-refractivity contribution in [3.05, 3.63) is 94.1 Å². The van der Waals surface area contributed by atoms with Gasteiger partial charge in [0.1, 0.15) is 0 Å². The van der Waals surface area contributed by atoms with Crippen molar-refractivity contribution in [1.82, 2.24) is 31.5 Å². The van der Waals surface area contributed by atoms with Gasteiger partial charge in [0.25, 0.3) is 5.91 Å². The van der Waals surface area contributed by atoms with Crippen LogP contribution in [-0.4, -0.2) is 124 Å². The predicted octanol–water partition coefficient (Wildman–Crippen LogP) is 9.78. The molecule has 2 aromatic carbocycles. The normalized spacial score (nSPS) is 32.3. The number of allylic oxidation sites excluding steroid dienone is 2. The Hall–Kier alpha value is -4.83. The number of carbonyl (C=O) groups is 6. The van der Waals surface area contributed by atoms with Crippen molar-refractivity contribution in [1.29, 1.82) is 0 Å². The van der Waals surface area contributed by atoms with E-state index in [1.54, 1.807) is 42.0 Å². The molecule has 4 heterocycles. The Morgan fingerprint density at radius 3 is 2.31 bits per heavy atom. The molecule has 8 aliphatic rings. The van der Waals surface area contributed by atoms with Crippen molar-refractivity contribution in [2.75, 3.05) is 31.9 Å². The summed E-state index contributed by atoms with van der Waals surface area (Å²) >= 11 is 1.90. The van der Waals surface area contributed by atoms with Crippen LogP contribution in [0, 0.1) is 35.0 Å². The second kappa shape index (κ2) is 26.4. The Labute approximate surface area is 485 Å². The molecule has 4 aliphatic heterocycles. The summed E-state index contributed by atoms with van der Waals surface area (Å²) < 4.78 is 7.45. The molecule has 2 unspecified atom stereocenters. The van der Waals surface area contributed by atoms with Gasteiger partial charge in [-0.3, -0.25) is 28.9 Å². The van der Waals surface area contributed by atoms with E-state index in [-0.39, 0.29) is 76.7 Å². The molecule has 2 saturated carbocycles. The summed E-state index contributed by atoms with van der Waals surface area (Å²) in [5, 5.41) is 26.1. The van der Waals surface area contributed by atoms with Crippen molar-refractivity contribution >= 4 is 47.1 Å². The Morgan fingerprint density at radius 1 is 0.827 bits per heavy atom. The quantitative estimate of drug-likeness (QED) is 0.0241. The zero-order valence-corrected chi connectivity index (χ0v) is 49.6. The average Bonchev–Trinajstić information content (AvgIpc) is 4.43. The van der Waals surface area contributed by atoms with Crippen LogP contribution >= 0.6 is 11.8 Å². The lowest BCUT2D eigenvalue weighted by atomic mass is 9.56. The second-order valence-corrected chi connectivity index (χ2v) is 27.2. The summed E-state index contributed by atoms with van der Waals surface area (Å²) in [6, 6.07) is 15.6. The number of rotatable bonds is 25. The van der Waals surface area contributed by atoms with E-state index in [0.29, 0.717) is 110 Å². The monoisotopic (exact) mass is 1130 g/mol. The number of amides is 5. The number of ether oxygens (including phenoxy) is 1. The minimum Gasteiger partial charge on any atom is -0.393 e. The van der Waals surface area contributed by atoms with Crippen LogP contribution in [0.5, 0.6) is 0 Å². The lowest BCUT2D eigenvalue weighted by Crippen LogP contribution is -2.52. The van der Waals surface area contributed by atoms with Gasteiger partial charge in [0.05, 0.1) is 35.9 Å². The molecule has 15 heteroatoms.